The standard InChI is InChI=1S/C14H22N6S/c1-5-6-11-18-12(7-13(19-11)20-15)17-9(3)14-8(2)16-10(4)21-14/h7,9H,5-6,15H2,1-4H3,(H2,17,18,19,20). The van der Waals surface area contributed by atoms with Gasteiger partial charge < -0.3 is 10.7 Å². The van der Waals surface area contributed by atoms with Crippen LogP contribution < -0.4 is 16.6 Å². The van der Waals surface area contributed by atoms with Crippen molar-refractivity contribution in [3.8, 4) is 0 Å². The summed E-state index contributed by atoms with van der Waals surface area (Å²) >= 11 is 1.71. The van der Waals surface area contributed by atoms with Gasteiger partial charge >= 0.3 is 0 Å². The fourth-order valence-electron chi connectivity index (χ4n) is 2.22. The van der Waals surface area contributed by atoms with Gasteiger partial charge in [-0.25, -0.2) is 20.8 Å². The molecule has 114 valence electrons. The summed E-state index contributed by atoms with van der Waals surface area (Å²) in [5.74, 6) is 7.67. The van der Waals surface area contributed by atoms with E-state index in [1.165, 1.54) is 4.88 Å². The average molecular weight is 306 g/mol. The molecule has 2 heterocycles. The number of thiazole rings is 1. The quantitative estimate of drug-likeness (QED) is 0.561. The van der Waals surface area contributed by atoms with E-state index in [4.69, 9.17) is 5.84 Å². The van der Waals surface area contributed by atoms with Gasteiger partial charge in [-0.3, -0.25) is 0 Å². The van der Waals surface area contributed by atoms with Gasteiger partial charge in [0.05, 0.1) is 16.7 Å². The summed E-state index contributed by atoms with van der Waals surface area (Å²) in [6.07, 6.45) is 1.83. The zero-order chi connectivity index (χ0) is 15.4. The highest BCUT2D eigenvalue weighted by Crippen LogP contribution is 2.27. The number of rotatable bonds is 6. The van der Waals surface area contributed by atoms with Crippen molar-refractivity contribution in [1.82, 2.24) is 15.0 Å². The van der Waals surface area contributed by atoms with E-state index in [2.05, 4.69) is 39.5 Å². The zero-order valence-electron chi connectivity index (χ0n) is 12.9. The van der Waals surface area contributed by atoms with Crippen molar-refractivity contribution in [2.75, 3.05) is 10.7 Å². The second-order valence-electron chi connectivity index (χ2n) is 5.00. The molecule has 7 heteroatoms. The number of nitrogens with two attached hydrogens (primary N) is 1. The summed E-state index contributed by atoms with van der Waals surface area (Å²) in [6, 6.07) is 1.96. The molecule has 4 N–H and O–H groups in total. The summed E-state index contributed by atoms with van der Waals surface area (Å²) in [7, 11) is 0. The first-order valence-corrected chi connectivity index (χ1v) is 7.90. The van der Waals surface area contributed by atoms with Crippen LogP contribution >= 0.6 is 11.3 Å². The number of hydrogen-bond donors (Lipinski definition) is 3. The Morgan fingerprint density at radius 2 is 1.95 bits per heavy atom. The van der Waals surface area contributed by atoms with E-state index in [9.17, 15) is 0 Å². The topological polar surface area (TPSA) is 88.8 Å². The molecule has 2 aromatic rings. The van der Waals surface area contributed by atoms with Crippen LogP contribution in [0.15, 0.2) is 6.07 Å². The van der Waals surface area contributed by atoms with Gasteiger partial charge in [0.25, 0.3) is 0 Å². The molecule has 0 aliphatic carbocycles. The van der Waals surface area contributed by atoms with Crippen molar-refractivity contribution in [2.45, 2.75) is 46.6 Å². The molecule has 2 aromatic heterocycles. The van der Waals surface area contributed by atoms with E-state index in [0.717, 1.165) is 35.2 Å². The molecule has 2 rings (SSSR count). The predicted molar refractivity (Wildman–Crippen MR) is 87.5 cm³/mol. The molecule has 0 aliphatic rings. The molecule has 0 saturated carbocycles. The first kappa shape index (κ1) is 15.7. The lowest BCUT2D eigenvalue weighted by molar-refractivity contribution is 0.821. The Kier molecular flexibility index (Phi) is 5.08. The van der Waals surface area contributed by atoms with Gasteiger partial charge in [-0.05, 0) is 27.2 Å². The number of hydrazine groups is 1. The molecule has 0 aliphatic heterocycles. The molecule has 0 spiro atoms. The van der Waals surface area contributed by atoms with E-state index >= 15 is 0 Å². The molecular weight excluding hydrogens is 284 g/mol. The third-order valence-corrected chi connectivity index (χ3v) is 4.35. The number of nitrogens with zero attached hydrogens (tertiary/aromatic N) is 3. The van der Waals surface area contributed by atoms with Gasteiger partial charge in [-0.15, -0.1) is 11.3 Å². The lowest BCUT2D eigenvalue weighted by atomic mass is 10.2. The minimum Gasteiger partial charge on any atom is -0.362 e. The van der Waals surface area contributed by atoms with Crippen LogP contribution in [0, 0.1) is 13.8 Å². The maximum absolute atomic E-state index is 5.48. The van der Waals surface area contributed by atoms with Crippen molar-refractivity contribution >= 4 is 23.0 Å². The van der Waals surface area contributed by atoms with Gasteiger partial charge in [-0.1, -0.05) is 6.92 Å². The number of anilines is 2. The highest BCUT2D eigenvalue weighted by molar-refractivity contribution is 7.11. The van der Waals surface area contributed by atoms with E-state index in [0.29, 0.717) is 5.82 Å². The molecular formula is C14H22N6S. The average Bonchev–Trinajstić information content (AvgIpc) is 2.78. The minimum atomic E-state index is 0.145. The summed E-state index contributed by atoms with van der Waals surface area (Å²) in [5.41, 5.74) is 3.66. The number of aromatic nitrogens is 3. The normalized spacial score (nSPS) is 12.2. The van der Waals surface area contributed by atoms with Crippen molar-refractivity contribution in [3.05, 3.63) is 27.5 Å². The van der Waals surface area contributed by atoms with E-state index < -0.39 is 0 Å². The molecule has 0 saturated heterocycles. The number of hydrogen-bond acceptors (Lipinski definition) is 7. The van der Waals surface area contributed by atoms with E-state index in [-0.39, 0.29) is 6.04 Å². The van der Waals surface area contributed by atoms with E-state index in [1.807, 2.05) is 19.9 Å². The lowest BCUT2D eigenvalue weighted by Crippen LogP contribution is -2.13. The highest BCUT2D eigenvalue weighted by Gasteiger charge is 2.14. The van der Waals surface area contributed by atoms with Gasteiger partial charge in [0.15, 0.2) is 0 Å². The predicted octanol–water partition coefficient (Wildman–Crippen LogP) is 2.96. The smallest absolute Gasteiger partial charge is 0.145 e. The molecule has 1 unspecified atom stereocenters. The van der Waals surface area contributed by atoms with Crippen molar-refractivity contribution < 1.29 is 0 Å². The SMILES string of the molecule is CCCc1nc(NN)cc(NC(C)c2sc(C)nc2C)n1. The fourth-order valence-corrected chi connectivity index (χ4v) is 3.15. The van der Waals surface area contributed by atoms with Crippen LogP contribution in [0.3, 0.4) is 0 Å². The van der Waals surface area contributed by atoms with Crippen LogP contribution in [0.2, 0.25) is 0 Å². The van der Waals surface area contributed by atoms with Gasteiger partial charge in [0.2, 0.25) is 0 Å². The van der Waals surface area contributed by atoms with Crippen LogP contribution in [0.5, 0.6) is 0 Å². The Hall–Kier alpha value is -1.73. The molecule has 0 aromatic carbocycles. The van der Waals surface area contributed by atoms with Crippen LogP contribution in [0.4, 0.5) is 11.6 Å². The Morgan fingerprint density at radius 1 is 1.24 bits per heavy atom. The molecule has 0 amide bonds. The van der Waals surface area contributed by atoms with Crippen molar-refractivity contribution in [3.63, 3.8) is 0 Å². The van der Waals surface area contributed by atoms with Crippen LogP contribution in [0.1, 0.15) is 47.7 Å². The molecule has 1 atom stereocenters. The molecule has 0 fully saturated rings. The fraction of sp³-hybridized carbons (Fsp3) is 0.500. The number of nitrogen functional groups attached to an aromatic ring is 1. The summed E-state index contributed by atoms with van der Waals surface area (Å²) in [6.45, 7) is 8.27. The number of nitrogens with one attached hydrogen (secondary N) is 2. The van der Waals surface area contributed by atoms with E-state index in [1.54, 1.807) is 11.3 Å². The van der Waals surface area contributed by atoms with Gasteiger partial charge in [-0.2, -0.15) is 0 Å². The van der Waals surface area contributed by atoms with Crippen LogP contribution in [-0.2, 0) is 6.42 Å². The Morgan fingerprint density at radius 3 is 2.52 bits per heavy atom. The second kappa shape index (κ2) is 6.82. The summed E-state index contributed by atoms with van der Waals surface area (Å²) < 4.78 is 0. The highest BCUT2D eigenvalue weighted by atomic mass is 32.1. The van der Waals surface area contributed by atoms with Gasteiger partial charge in [0, 0.05) is 17.4 Å². The Labute approximate surface area is 129 Å². The maximum atomic E-state index is 5.48. The molecule has 21 heavy (non-hydrogen) atoms. The molecule has 0 bridgehead atoms. The maximum Gasteiger partial charge on any atom is 0.145 e. The lowest BCUT2D eigenvalue weighted by Gasteiger charge is -2.15. The van der Waals surface area contributed by atoms with Crippen molar-refractivity contribution in [2.24, 2.45) is 5.84 Å². The molecule has 0 radical (unpaired) electrons. The summed E-state index contributed by atoms with van der Waals surface area (Å²) in [5, 5.41) is 4.49. The third kappa shape index (κ3) is 3.89. The van der Waals surface area contributed by atoms with Crippen LogP contribution in [0.25, 0.3) is 0 Å². The monoisotopic (exact) mass is 306 g/mol. The van der Waals surface area contributed by atoms with Gasteiger partial charge in [0.1, 0.15) is 17.5 Å². The number of aryl methyl sites for hydroxylation is 3. The zero-order valence-corrected chi connectivity index (χ0v) is 13.7. The largest absolute Gasteiger partial charge is 0.362 e. The Bertz CT molecular complexity index is 610. The Balaban J connectivity index is 2.21. The second-order valence-corrected chi connectivity index (χ2v) is 6.23. The minimum absolute atomic E-state index is 0.145. The molecule has 6 nitrogen and oxygen atoms in total. The van der Waals surface area contributed by atoms with Crippen LogP contribution in [-0.4, -0.2) is 15.0 Å². The summed E-state index contributed by atoms with van der Waals surface area (Å²) in [4.78, 5) is 14.6. The first-order chi connectivity index (χ1) is 10.0. The third-order valence-electron chi connectivity index (χ3n) is 3.09. The van der Waals surface area contributed by atoms with Crippen molar-refractivity contribution in [1.29, 1.82) is 0 Å². The first-order valence-electron chi connectivity index (χ1n) is 7.08.